The van der Waals surface area contributed by atoms with Gasteiger partial charge in [0.2, 0.25) is 0 Å². The highest BCUT2D eigenvalue weighted by Gasteiger charge is 2.34. The lowest BCUT2D eigenvalue weighted by Crippen LogP contribution is -2.29. The monoisotopic (exact) mass is 565 g/mol. The highest BCUT2D eigenvalue weighted by molar-refractivity contribution is 5.97. The molecule has 11 heteroatoms. The van der Waals surface area contributed by atoms with Gasteiger partial charge in [-0.25, -0.2) is 4.98 Å². The Labute approximate surface area is 234 Å². The molecule has 0 radical (unpaired) electrons. The predicted octanol–water partition coefficient (Wildman–Crippen LogP) is 5.96. The van der Waals surface area contributed by atoms with Crippen LogP contribution in [0, 0.1) is 13.8 Å². The smallest absolute Gasteiger partial charge is 0.421 e. The maximum absolute atomic E-state index is 13.3. The summed E-state index contributed by atoms with van der Waals surface area (Å²) in [7, 11) is 0. The van der Waals surface area contributed by atoms with Gasteiger partial charge in [0.1, 0.15) is 23.4 Å². The van der Waals surface area contributed by atoms with E-state index in [2.05, 4.69) is 20.2 Å². The van der Waals surface area contributed by atoms with Crippen LogP contribution in [-0.4, -0.2) is 29.8 Å². The van der Waals surface area contributed by atoms with Crippen LogP contribution >= 0.6 is 0 Å². The van der Waals surface area contributed by atoms with E-state index in [0.717, 1.165) is 32.8 Å². The van der Waals surface area contributed by atoms with Gasteiger partial charge in [-0.15, -0.1) is 0 Å². The van der Waals surface area contributed by atoms with Gasteiger partial charge >= 0.3 is 6.18 Å². The first-order chi connectivity index (χ1) is 19.7. The fraction of sp³-hybridized carbons (Fsp3) is 0.267. The molecule has 0 aliphatic rings. The minimum absolute atomic E-state index is 0.0543. The number of aromatic nitrogens is 5. The maximum Gasteiger partial charge on any atom is 0.421 e. The third kappa shape index (κ3) is 6.14. The van der Waals surface area contributed by atoms with Crippen molar-refractivity contribution in [3.63, 3.8) is 0 Å². The van der Waals surface area contributed by atoms with Gasteiger partial charge in [-0.1, -0.05) is 26.0 Å². The summed E-state index contributed by atoms with van der Waals surface area (Å²) in [5.74, 6) is 0.493. The Hall–Kier alpha value is -4.51. The number of aromatic amines is 1. The number of H-pyrrole nitrogens is 1. The molecule has 4 heterocycles. The number of fused-ring (bicyclic) bond motifs is 1. The molecule has 0 atom stereocenters. The molecule has 0 saturated heterocycles. The summed E-state index contributed by atoms with van der Waals surface area (Å²) in [6.07, 6.45) is -0.329. The standard InChI is InChI=1S/C28H24F3N5O3.C2H6/c1-16-8-9-32-23(13-36-10-4-6-22(27(36)38)28(29,30)31)21(16)15-39-24-7-3-5-19-20(11-17(2)34-26(19)24)25-18(14-37)12-33-35-25;1-2/h3-12,37H,13-15H2,1-2H3,(H,33,35);1-2H3. The molecule has 41 heavy (non-hydrogen) atoms. The molecule has 8 nitrogen and oxygen atoms in total. The first-order valence-electron chi connectivity index (χ1n) is 13.0. The molecule has 0 aliphatic heterocycles. The lowest BCUT2D eigenvalue weighted by molar-refractivity contribution is -0.138. The second kappa shape index (κ2) is 12.3. The van der Waals surface area contributed by atoms with Crippen molar-refractivity contribution in [3.05, 3.63) is 105 Å². The Morgan fingerprint density at radius 2 is 1.88 bits per heavy atom. The van der Waals surface area contributed by atoms with E-state index >= 15 is 0 Å². The molecule has 5 rings (SSSR count). The van der Waals surface area contributed by atoms with Gasteiger partial charge in [-0.2, -0.15) is 18.3 Å². The zero-order valence-corrected chi connectivity index (χ0v) is 23.1. The Kier molecular flexibility index (Phi) is 8.87. The van der Waals surface area contributed by atoms with Crippen LogP contribution in [-0.2, 0) is 25.9 Å². The molecule has 0 spiro atoms. The molecular formula is C30H30F3N5O3. The third-order valence-electron chi connectivity index (χ3n) is 6.49. The molecule has 0 bridgehead atoms. The fourth-order valence-corrected chi connectivity index (χ4v) is 4.50. The molecule has 214 valence electrons. The number of para-hydroxylation sites is 1. The van der Waals surface area contributed by atoms with Crippen molar-refractivity contribution in [1.82, 2.24) is 24.7 Å². The number of pyridine rings is 3. The van der Waals surface area contributed by atoms with Crippen molar-refractivity contribution < 1.29 is 23.0 Å². The van der Waals surface area contributed by atoms with Crippen LogP contribution in [0.15, 0.2) is 65.8 Å². The topological polar surface area (TPSA) is 106 Å². The van der Waals surface area contributed by atoms with Gasteiger partial charge in [-0.3, -0.25) is 14.9 Å². The first-order valence-corrected chi connectivity index (χ1v) is 13.0. The zero-order valence-electron chi connectivity index (χ0n) is 23.1. The predicted molar refractivity (Wildman–Crippen MR) is 149 cm³/mol. The average Bonchev–Trinajstić information content (AvgIpc) is 3.43. The molecule has 0 fully saturated rings. The highest BCUT2D eigenvalue weighted by atomic mass is 19.4. The van der Waals surface area contributed by atoms with Gasteiger partial charge in [-0.05, 0) is 49.7 Å². The summed E-state index contributed by atoms with van der Waals surface area (Å²) in [6, 6.07) is 11.1. The summed E-state index contributed by atoms with van der Waals surface area (Å²) < 4.78 is 47.0. The van der Waals surface area contributed by atoms with Crippen LogP contribution < -0.4 is 10.3 Å². The number of alkyl halides is 3. The van der Waals surface area contributed by atoms with Gasteiger partial charge in [0.25, 0.3) is 5.56 Å². The Morgan fingerprint density at radius 3 is 2.61 bits per heavy atom. The maximum atomic E-state index is 13.3. The number of hydrogen-bond donors (Lipinski definition) is 2. The van der Waals surface area contributed by atoms with Crippen molar-refractivity contribution in [2.45, 2.75) is 53.6 Å². The summed E-state index contributed by atoms with van der Waals surface area (Å²) in [6.45, 7) is 7.42. The van der Waals surface area contributed by atoms with Crippen molar-refractivity contribution in [1.29, 1.82) is 0 Å². The Morgan fingerprint density at radius 1 is 1.10 bits per heavy atom. The van der Waals surface area contributed by atoms with Crippen molar-refractivity contribution in [2.24, 2.45) is 0 Å². The van der Waals surface area contributed by atoms with Gasteiger partial charge < -0.3 is 14.4 Å². The molecule has 0 saturated carbocycles. The average molecular weight is 566 g/mol. The number of aliphatic hydroxyl groups excluding tert-OH is 1. The number of rotatable bonds is 7. The summed E-state index contributed by atoms with van der Waals surface area (Å²) in [5.41, 5.74) is 3.00. The van der Waals surface area contributed by atoms with Crippen LogP contribution in [0.4, 0.5) is 13.2 Å². The number of halogens is 3. The van der Waals surface area contributed by atoms with Crippen LogP contribution in [0.3, 0.4) is 0 Å². The highest BCUT2D eigenvalue weighted by Crippen LogP contribution is 2.34. The van der Waals surface area contributed by atoms with E-state index < -0.39 is 17.3 Å². The van der Waals surface area contributed by atoms with Gasteiger partial charge in [0.15, 0.2) is 0 Å². The van der Waals surface area contributed by atoms with Crippen LogP contribution in [0.1, 0.15) is 47.5 Å². The van der Waals surface area contributed by atoms with E-state index in [1.165, 1.54) is 12.3 Å². The van der Waals surface area contributed by atoms with Gasteiger partial charge in [0.05, 0.1) is 30.7 Å². The molecular weight excluding hydrogens is 535 g/mol. The second-order valence-corrected chi connectivity index (χ2v) is 9.09. The SMILES string of the molecule is CC.Cc1cc(-c2[nH]ncc2CO)c2cccc(OCc3c(C)ccnc3Cn3cccc(C(F)(F)F)c3=O)c2n1. The van der Waals surface area contributed by atoms with E-state index in [0.29, 0.717) is 33.8 Å². The minimum Gasteiger partial charge on any atom is -0.487 e. The van der Waals surface area contributed by atoms with E-state index in [1.807, 2.05) is 45.9 Å². The zero-order chi connectivity index (χ0) is 29.7. The number of aryl methyl sites for hydroxylation is 2. The van der Waals surface area contributed by atoms with Crippen LogP contribution in [0.25, 0.3) is 22.2 Å². The lowest BCUT2D eigenvalue weighted by Gasteiger charge is -2.16. The van der Waals surface area contributed by atoms with Crippen LogP contribution in [0.2, 0.25) is 0 Å². The number of aliphatic hydroxyl groups is 1. The number of nitrogens with one attached hydrogen (secondary N) is 1. The minimum atomic E-state index is -4.75. The molecule has 4 aromatic heterocycles. The molecule has 0 unspecified atom stereocenters. The number of benzene rings is 1. The fourth-order valence-electron chi connectivity index (χ4n) is 4.50. The number of ether oxygens (including phenoxy) is 1. The Balaban J connectivity index is 0.00000189. The van der Waals surface area contributed by atoms with E-state index in [4.69, 9.17) is 4.74 Å². The van der Waals surface area contributed by atoms with Crippen molar-refractivity contribution >= 4 is 10.9 Å². The quantitative estimate of drug-likeness (QED) is 0.252. The third-order valence-corrected chi connectivity index (χ3v) is 6.49. The van der Waals surface area contributed by atoms with Gasteiger partial charge in [0, 0.05) is 40.2 Å². The summed E-state index contributed by atoms with van der Waals surface area (Å²) in [4.78, 5) is 21.5. The molecule has 2 N–H and O–H groups in total. The van der Waals surface area contributed by atoms with E-state index in [9.17, 15) is 23.1 Å². The summed E-state index contributed by atoms with van der Waals surface area (Å²) in [5, 5.41) is 17.5. The molecule has 0 aliphatic carbocycles. The molecule has 5 aromatic rings. The van der Waals surface area contributed by atoms with Crippen LogP contribution in [0.5, 0.6) is 5.75 Å². The number of nitrogens with zero attached hydrogens (tertiary/aromatic N) is 4. The first kappa shape index (κ1) is 29.5. The van der Waals surface area contributed by atoms with E-state index in [-0.39, 0.29) is 19.8 Å². The van der Waals surface area contributed by atoms with E-state index in [1.54, 1.807) is 24.5 Å². The lowest BCUT2D eigenvalue weighted by atomic mass is 10.0. The molecule has 1 aromatic carbocycles. The van der Waals surface area contributed by atoms with Crippen molar-refractivity contribution in [3.8, 4) is 17.0 Å². The van der Waals surface area contributed by atoms with Crippen molar-refractivity contribution in [2.75, 3.05) is 0 Å². The second-order valence-electron chi connectivity index (χ2n) is 9.09. The Bertz CT molecular complexity index is 1730. The normalized spacial score (nSPS) is 11.3. The largest absolute Gasteiger partial charge is 0.487 e. The number of hydrogen-bond acceptors (Lipinski definition) is 6. The summed E-state index contributed by atoms with van der Waals surface area (Å²) >= 11 is 0. The molecule has 0 amide bonds.